The lowest BCUT2D eigenvalue weighted by Gasteiger charge is -2.09. The topological polar surface area (TPSA) is 35.5 Å². The van der Waals surface area contributed by atoms with E-state index < -0.39 is 6.16 Å². The minimum atomic E-state index is -0.705. The van der Waals surface area contributed by atoms with E-state index in [2.05, 4.69) is 42.8 Å². The van der Waals surface area contributed by atoms with E-state index in [1.807, 2.05) is 12.1 Å². The predicted molar refractivity (Wildman–Crippen MR) is 92.7 cm³/mol. The standard InChI is InChI=1S/C20H24O3/c1-4-15(2)5-6-16-7-9-17(10-8-16)18-11-13-19(14-12-18)23-20(21)22-3/h7-15H,4-6H2,1-3H3. The molecule has 0 bridgehead atoms. The highest BCUT2D eigenvalue weighted by Gasteiger charge is 2.05. The van der Waals surface area contributed by atoms with Crippen LogP contribution in [0.1, 0.15) is 32.3 Å². The fraction of sp³-hybridized carbons (Fsp3) is 0.350. The number of hydrogen-bond donors (Lipinski definition) is 0. The van der Waals surface area contributed by atoms with Crippen molar-refractivity contribution in [1.29, 1.82) is 0 Å². The highest BCUT2D eigenvalue weighted by atomic mass is 16.7. The highest BCUT2D eigenvalue weighted by molar-refractivity contribution is 5.67. The molecule has 3 nitrogen and oxygen atoms in total. The number of hydrogen-bond acceptors (Lipinski definition) is 3. The second-order valence-corrected chi connectivity index (χ2v) is 5.83. The number of ether oxygens (including phenoxy) is 2. The first-order valence-corrected chi connectivity index (χ1v) is 8.07. The molecule has 2 aromatic rings. The van der Waals surface area contributed by atoms with Crippen molar-refractivity contribution in [3.8, 4) is 16.9 Å². The molecule has 1 atom stereocenters. The van der Waals surface area contributed by atoms with Crippen LogP contribution < -0.4 is 4.74 Å². The van der Waals surface area contributed by atoms with Crippen LogP contribution in [0.2, 0.25) is 0 Å². The molecule has 122 valence electrons. The zero-order valence-corrected chi connectivity index (χ0v) is 14.0. The fourth-order valence-electron chi connectivity index (χ4n) is 2.33. The zero-order chi connectivity index (χ0) is 16.7. The molecule has 0 N–H and O–H groups in total. The number of methoxy groups -OCH3 is 1. The van der Waals surface area contributed by atoms with Crippen LogP contribution in [-0.4, -0.2) is 13.3 Å². The Balaban J connectivity index is 2.00. The molecule has 0 spiro atoms. The summed E-state index contributed by atoms with van der Waals surface area (Å²) in [7, 11) is 1.29. The van der Waals surface area contributed by atoms with E-state index in [-0.39, 0.29) is 0 Å². The van der Waals surface area contributed by atoms with Crippen LogP contribution in [-0.2, 0) is 11.2 Å². The van der Waals surface area contributed by atoms with Crippen LogP contribution in [0, 0.1) is 5.92 Å². The van der Waals surface area contributed by atoms with Gasteiger partial charge < -0.3 is 9.47 Å². The Morgan fingerprint density at radius 2 is 1.57 bits per heavy atom. The number of carbonyl (C=O) groups is 1. The van der Waals surface area contributed by atoms with Crippen LogP contribution in [0.25, 0.3) is 11.1 Å². The first-order chi connectivity index (χ1) is 11.1. The van der Waals surface area contributed by atoms with E-state index in [9.17, 15) is 4.79 Å². The maximum atomic E-state index is 11.1. The molecular formula is C20H24O3. The number of rotatable bonds is 6. The maximum Gasteiger partial charge on any atom is 0.513 e. The van der Waals surface area contributed by atoms with Gasteiger partial charge >= 0.3 is 6.16 Å². The van der Waals surface area contributed by atoms with E-state index in [0.29, 0.717) is 5.75 Å². The molecule has 0 radical (unpaired) electrons. The molecule has 0 saturated heterocycles. The van der Waals surface area contributed by atoms with Crippen molar-refractivity contribution in [2.24, 2.45) is 5.92 Å². The molecule has 0 heterocycles. The van der Waals surface area contributed by atoms with Crippen molar-refractivity contribution in [2.75, 3.05) is 7.11 Å². The highest BCUT2D eigenvalue weighted by Crippen LogP contribution is 2.23. The third-order valence-electron chi connectivity index (χ3n) is 4.13. The van der Waals surface area contributed by atoms with Gasteiger partial charge in [-0.2, -0.15) is 0 Å². The van der Waals surface area contributed by atoms with Gasteiger partial charge in [0.15, 0.2) is 0 Å². The Kier molecular flexibility index (Phi) is 6.21. The molecule has 0 saturated carbocycles. The number of aryl methyl sites for hydroxylation is 1. The van der Waals surface area contributed by atoms with E-state index in [1.165, 1.54) is 25.5 Å². The van der Waals surface area contributed by atoms with Crippen molar-refractivity contribution in [1.82, 2.24) is 0 Å². The van der Waals surface area contributed by atoms with Crippen molar-refractivity contribution in [2.45, 2.75) is 33.1 Å². The molecule has 2 aromatic carbocycles. The quantitative estimate of drug-likeness (QED) is 0.523. The van der Waals surface area contributed by atoms with Crippen molar-refractivity contribution in [3.05, 3.63) is 54.1 Å². The van der Waals surface area contributed by atoms with Crippen molar-refractivity contribution in [3.63, 3.8) is 0 Å². The first-order valence-electron chi connectivity index (χ1n) is 8.07. The van der Waals surface area contributed by atoms with Gasteiger partial charge in [-0.1, -0.05) is 56.7 Å². The average molecular weight is 312 g/mol. The van der Waals surface area contributed by atoms with E-state index in [4.69, 9.17) is 4.74 Å². The largest absolute Gasteiger partial charge is 0.513 e. The third kappa shape index (κ3) is 5.13. The van der Waals surface area contributed by atoms with Crippen LogP contribution in [0.15, 0.2) is 48.5 Å². The lowest BCUT2D eigenvalue weighted by atomic mass is 9.97. The summed E-state index contributed by atoms with van der Waals surface area (Å²) in [5.74, 6) is 1.25. The maximum absolute atomic E-state index is 11.1. The van der Waals surface area contributed by atoms with Gasteiger partial charge in [0.05, 0.1) is 7.11 Å². The van der Waals surface area contributed by atoms with Gasteiger partial charge in [-0.05, 0) is 47.6 Å². The van der Waals surface area contributed by atoms with E-state index >= 15 is 0 Å². The predicted octanol–water partition coefficient (Wildman–Crippen LogP) is 5.48. The second-order valence-electron chi connectivity index (χ2n) is 5.83. The first kappa shape index (κ1) is 17.1. The van der Waals surface area contributed by atoms with Gasteiger partial charge in [0, 0.05) is 0 Å². The Morgan fingerprint density at radius 3 is 2.09 bits per heavy atom. The molecule has 2 rings (SSSR count). The van der Waals surface area contributed by atoms with Crippen LogP contribution in [0.3, 0.4) is 0 Å². The molecule has 0 fully saturated rings. The molecule has 0 aliphatic heterocycles. The Bertz CT molecular complexity index is 614. The molecule has 0 aromatic heterocycles. The molecule has 0 amide bonds. The third-order valence-corrected chi connectivity index (χ3v) is 4.13. The summed E-state index contributed by atoms with van der Waals surface area (Å²) in [6, 6.07) is 16.1. The second kappa shape index (κ2) is 8.37. The average Bonchev–Trinajstić information content (AvgIpc) is 2.60. The number of benzene rings is 2. The number of carbonyl (C=O) groups excluding carboxylic acids is 1. The van der Waals surface area contributed by atoms with Gasteiger partial charge in [-0.25, -0.2) is 4.79 Å². The van der Waals surface area contributed by atoms with Gasteiger partial charge in [0.2, 0.25) is 0 Å². The Labute approximate surface area is 138 Å². The Morgan fingerprint density at radius 1 is 1.00 bits per heavy atom. The summed E-state index contributed by atoms with van der Waals surface area (Å²) in [6.07, 6.45) is 2.89. The SMILES string of the molecule is CCC(C)CCc1ccc(-c2ccc(OC(=O)OC)cc2)cc1. The fourth-order valence-corrected chi connectivity index (χ4v) is 2.33. The molecule has 23 heavy (non-hydrogen) atoms. The monoisotopic (exact) mass is 312 g/mol. The van der Waals surface area contributed by atoms with Crippen molar-refractivity contribution >= 4 is 6.16 Å². The summed E-state index contributed by atoms with van der Waals surface area (Å²) >= 11 is 0. The van der Waals surface area contributed by atoms with E-state index in [1.54, 1.807) is 12.1 Å². The molecule has 3 heteroatoms. The molecule has 1 unspecified atom stereocenters. The summed E-state index contributed by atoms with van der Waals surface area (Å²) in [4.78, 5) is 11.1. The minimum Gasteiger partial charge on any atom is -0.437 e. The lowest BCUT2D eigenvalue weighted by molar-refractivity contribution is 0.121. The smallest absolute Gasteiger partial charge is 0.437 e. The van der Waals surface area contributed by atoms with Crippen molar-refractivity contribution < 1.29 is 14.3 Å². The van der Waals surface area contributed by atoms with Gasteiger partial charge in [-0.3, -0.25) is 0 Å². The normalized spacial score (nSPS) is 11.8. The summed E-state index contributed by atoms with van der Waals surface area (Å²) < 4.78 is 9.45. The molecule has 0 aliphatic rings. The Hall–Kier alpha value is -2.29. The van der Waals surface area contributed by atoms with Gasteiger partial charge in [-0.15, -0.1) is 0 Å². The zero-order valence-electron chi connectivity index (χ0n) is 14.0. The summed E-state index contributed by atoms with van der Waals surface area (Å²) in [5, 5.41) is 0. The van der Waals surface area contributed by atoms with Gasteiger partial charge in [0.1, 0.15) is 5.75 Å². The lowest BCUT2D eigenvalue weighted by Crippen LogP contribution is -2.06. The van der Waals surface area contributed by atoms with Crippen LogP contribution in [0.4, 0.5) is 4.79 Å². The summed E-state index contributed by atoms with van der Waals surface area (Å²) in [5.41, 5.74) is 3.62. The summed E-state index contributed by atoms with van der Waals surface area (Å²) in [6.45, 7) is 4.54. The van der Waals surface area contributed by atoms with E-state index in [0.717, 1.165) is 23.5 Å². The van der Waals surface area contributed by atoms with Crippen LogP contribution in [0.5, 0.6) is 5.75 Å². The molecular weight excluding hydrogens is 288 g/mol. The minimum absolute atomic E-state index is 0.478. The van der Waals surface area contributed by atoms with Gasteiger partial charge in [0.25, 0.3) is 0 Å². The van der Waals surface area contributed by atoms with Crippen LogP contribution >= 0.6 is 0 Å². The molecule has 0 aliphatic carbocycles.